The van der Waals surface area contributed by atoms with Crippen molar-refractivity contribution in [3.05, 3.63) is 29.3 Å². The van der Waals surface area contributed by atoms with E-state index in [0.29, 0.717) is 17.6 Å². The third kappa shape index (κ3) is 5.48. The summed E-state index contributed by atoms with van der Waals surface area (Å²) in [5.41, 5.74) is 2.16. The van der Waals surface area contributed by atoms with E-state index in [4.69, 9.17) is 9.84 Å². The van der Waals surface area contributed by atoms with Gasteiger partial charge in [0.1, 0.15) is 5.75 Å². The van der Waals surface area contributed by atoms with E-state index in [9.17, 15) is 0 Å². The third-order valence-electron chi connectivity index (χ3n) is 3.19. The summed E-state index contributed by atoms with van der Waals surface area (Å²) in [6, 6.07) is 6.02. The van der Waals surface area contributed by atoms with Crippen LogP contribution in [0.2, 0.25) is 0 Å². The zero-order chi connectivity index (χ0) is 15.0. The van der Waals surface area contributed by atoms with Crippen LogP contribution in [0.4, 0.5) is 0 Å². The number of rotatable bonds is 6. The van der Waals surface area contributed by atoms with Gasteiger partial charge in [-0.1, -0.05) is 32.6 Å². The van der Waals surface area contributed by atoms with Crippen LogP contribution in [0.1, 0.15) is 38.3 Å². The number of hydrogen-bond donors (Lipinski definition) is 1. The van der Waals surface area contributed by atoms with Crippen LogP contribution in [0.5, 0.6) is 5.75 Å². The second-order valence-corrected chi connectivity index (χ2v) is 6.43. The smallest absolute Gasteiger partial charge is 0.122 e. The predicted octanol–water partition coefficient (Wildman–Crippen LogP) is 3.71. The number of aliphatic hydroxyl groups is 1. The lowest BCUT2D eigenvalue weighted by molar-refractivity contribution is 0.305. The van der Waals surface area contributed by atoms with Crippen molar-refractivity contribution in [2.45, 2.75) is 38.2 Å². The predicted molar refractivity (Wildman–Crippen MR) is 87.2 cm³/mol. The molecule has 110 valence electrons. The van der Waals surface area contributed by atoms with Crippen LogP contribution in [0.25, 0.3) is 0 Å². The molecule has 2 nitrogen and oxygen atoms in total. The molecule has 0 heterocycles. The van der Waals surface area contributed by atoms with E-state index in [-0.39, 0.29) is 6.61 Å². The first kappa shape index (κ1) is 16.9. The SMILES string of the molecule is COc1ccc(C#CCCO)cc1CSC(C)C(C)C. The second-order valence-electron chi connectivity index (χ2n) is 5.06. The molecule has 1 unspecified atom stereocenters. The molecule has 0 saturated carbocycles. The average Bonchev–Trinajstić information content (AvgIpc) is 2.45. The minimum absolute atomic E-state index is 0.109. The molecule has 20 heavy (non-hydrogen) atoms. The quantitative estimate of drug-likeness (QED) is 0.811. The van der Waals surface area contributed by atoms with Gasteiger partial charge >= 0.3 is 0 Å². The van der Waals surface area contributed by atoms with E-state index in [1.807, 2.05) is 23.9 Å². The maximum absolute atomic E-state index is 8.75. The molecule has 3 heteroatoms. The molecule has 0 fully saturated rings. The van der Waals surface area contributed by atoms with E-state index in [2.05, 4.69) is 38.7 Å². The van der Waals surface area contributed by atoms with Gasteiger partial charge in [0.05, 0.1) is 13.7 Å². The number of aliphatic hydroxyl groups excluding tert-OH is 1. The summed E-state index contributed by atoms with van der Waals surface area (Å²) in [4.78, 5) is 0. The summed E-state index contributed by atoms with van der Waals surface area (Å²) in [5, 5.41) is 9.37. The highest BCUT2D eigenvalue weighted by molar-refractivity contribution is 7.99. The Morgan fingerprint density at radius 2 is 2.05 bits per heavy atom. The normalized spacial score (nSPS) is 11.9. The number of benzene rings is 1. The maximum Gasteiger partial charge on any atom is 0.122 e. The monoisotopic (exact) mass is 292 g/mol. The molecule has 0 spiro atoms. The van der Waals surface area contributed by atoms with Gasteiger partial charge in [-0.15, -0.1) is 0 Å². The Balaban J connectivity index is 2.81. The van der Waals surface area contributed by atoms with Crippen LogP contribution in [0, 0.1) is 17.8 Å². The molecule has 0 bridgehead atoms. The first-order chi connectivity index (χ1) is 9.58. The second kappa shape index (κ2) is 8.94. The highest BCUT2D eigenvalue weighted by Crippen LogP contribution is 2.28. The molecule has 0 amide bonds. The maximum atomic E-state index is 8.75. The van der Waals surface area contributed by atoms with Gasteiger partial charge in [-0.3, -0.25) is 0 Å². The summed E-state index contributed by atoms with van der Waals surface area (Å²) >= 11 is 1.94. The van der Waals surface area contributed by atoms with Gasteiger partial charge in [-0.2, -0.15) is 11.8 Å². The van der Waals surface area contributed by atoms with Crippen LogP contribution in [-0.2, 0) is 5.75 Å². The molecule has 1 rings (SSSR count). The van der Waals surface area contributed by atoms with Gasteiger partial charge < -0.3 is 9.84 Å². The Hall–Kier alpha value is -1.11. The van der Waals surface area contributed by atoms with E-state index in [1.54, 1.807) is 7.11 Å². The Kier molecular flexibility index (Phi) is 7.58. The van der Waals surface area contributed by atoms with Gasteiger partial charge in [-0.05, 0) is 24.1 Å². The van der Waals surface area contributed by atoms with E-state index in [1.165, 1.54) is 5.56 Å². The zero-order valence-corrected chi connectivity index (χ0v) is 13.6. The largest absolute Gasteiger partial charge is 0.496 e. The lowest BCUT2D eigenvalue weighted by atomic mass is 10.1. The highest BCUT2D eigenvalue weighted by Gasteiger charge is 2.10. The Bertz CT molecular complexity index is 472. The highest BCUT2D eigenvalue weighted by atomic mass is 32.2. The summed E-state index contributed by atoms with van der Waals surface area (Å²) in [6.07, 6.45) is 0.514. The summed E-state index contributed by atoms with van der Waals surface area (Å²) in [6.45, 7) is 6.85. The van der Waals surface area contributed by atoms with Crippen molar-refractivity contribution in [3.8, 4) is 17.6 Å². The molecule has 0 aromatic heterocycles. The minimum atomic E-state index is 0.109. The molecule has 0 saturated heterocycles. The fourth-order valence-corrected chi connectivity index (χ4v) is 2.66. The molecule has 0 radical (unpaired) electrons. The van der Waals surface area contributed by atoms with Crippen molar-refractivity contribution in [3.63, 3.8) is 0 Å². The van der Waals surface area contributed by atoms with Crippen LogP contribution in [0.15, 0.2) is 18.2 Å². The lowest BCUT2D eigenvalue weighted by Crippen LogP contribution is -2.06. The van der Waals surface area contributed by atoms with Gasteiger partial charge in [0.15, 0.2) is 0 Å². The first-order valence-electron chi connectivity index (χ1n) is 6.96. The van der Waals surface area contributed by atoms with E-state index in [0.717, 1.165) is 17.1 Å². The fraction of sp³-hybridized carbons (Fsp3) is 0.529. The first-order valence-corrected chi connectivity index (χ1v) is 8.01. The lowest BCUT2D eigenvalue weighted by Gasteiger charge is -2.16. The third-order valence-corrected chi connectivity index (χ3v) is 4.74. The fourth-order valence-electron chi connectivity index (χ4n) is 1.60. The van der Waals surface area contributed by atoms with Crippen molar-refractivity contribution in [1.82, 2.24) is 0 Å². The number of thioether (sulfide) groups is 1. The van der Waals surface area contributed by atoms with Crippen molar-refractivity contribution >= 4 is 11.8 Å². The topological polar surface area (TPSA) is 29.5 Å². The standard InChI is InChI=1S/C17H24O2S/c1-13(2)14(3)20-12-16-11-15(7-5-6-10-18)8-9-17(16)19-4/h8-9,11,13-14,18H,6,10,12H2,1-4H3. The van der Waals surface area contributed by atoms with Gasteiger partial charge in [0, 0.05) is 28.6 Å². The Labute approximate surface area is 126 Å². The molecule has 0 aliphatic rings. The molecule has 0 aliphatic carbocycles. The molecule has 1 aromatic rings. The molecular weight excluding hydrogens is 268 g/mol. The zero-order valence-electron chi connectivity index (χ0n) is 12.8. The molecule has 1 aromatic carbocycles. The molecule has 1 N–H and O–H groups in total. The molecule has 0 aliphatic heterocycles. The van der Waals surface area contributed by atoms with Crippen molar-refractivity contribution in [2.75, 3.05) is 13.7 Å². The Morgan fingerprint density at radius 1 is 1.30 bits per heavy atom. The van der Waals surface area contributed by atoms with Gasteiger partial charge in [0.25, 0.3) is 0 Å². The minimum Gasteiger partial charge on any atom is -0.496 e. The number of hydrogen-bond acceptors (Lipinski definition) is 3. The van der Waals surface area contributed by atoms with Crippen LogP contribution in [-0.4, -0.2) is 24.1 Å². The van der Waals surface area contributed by atoms with Crippen molar-refractivity contribution < 1.29 is 9.84 Å². The van der Waals surface area contributed by atoms with Crippen LogP contribution in [0.3, 0.4) is 0 Å². The van der Waals surface area contributed by atoms with Crippen LogP contribution < -0.4 is 4.74 Å². The van der Waals surface area contributed by atoms with Gasteiger partial charge in [0.2, 0.25) is 0 Å². The summed E-state index contributed by atoms with van der Waals surface area (Å²) < 4.78 is 5.42. The van der Waals surface area contributed by atoms with Crippen LogP contribution >= 0.6 is 11.8 Å². The van der Waals surface area contributed by atoms with E-state index < -0.39 is 0 Å². The summed E-state index contributed by atoms with van der Waals surface area (Å²) in [5.74, 6) is 8.54. The molecule has 1 atom stereocenters. The summed E-state index contributed by atoms with van der Waals surface area (Å²) in [7, 11) is 1.70. The van der Waals surface area contributed by atoms with Gasteiger partial charge in [-0.25, -0.2) is 0 Å². The molecular formula is C17H24O2S. The van der Waals surface area contributed by atoms with Crippen molar-refractivity contribution in [1.29, 1.82) is 0 Å². The number of methoxy groups -OCH3 is 1. The average molecular weight is 292 g/mol. The Morgan fingerprint density at radius 3 is 2.65 bits per heavy atom. The number of ether oxygens (including phenoxy) is 1. The van der Waals surface area contributed by atoms with Crippen molar-refractivity contribution in [2.24, 2.45) is 5.92 Å². The van der Waals surface area contributed by atoms with E-state index >= 15 is 0 Å².